The van der Waals surface area contributed by atoms with Gasteiger partial charge in [-0.3, -0.25) is 13.8 Å². The zero-order valence-corrected chi connectivity index (χ0v) is 49.1. The lowest BCUT2D eigenvalue weighted by molar-refractivity contribution is -0.870. The summed E-state index contributed by atoms with van der Waals surface area (Å²) in [5.74, 6) is -0.179. The molecule has 422 valence electrons. The Hall–Kier alpha value is -1.02. The van der Waals surface area contributed by atoms with Crippen LogP contribution in [0.1, 0.15) is 316 Å². The molecule has 71 heavy (non-hydrogen) atoms. The lowest BCUT2D eigenvalue weighted by Crippen LogP contribution is -2.45. The number of hydrogen-bond acceptors (Lipinski definition) is 5. The van der Waals surface area contributed by atoms with E-state index in [1.54, 1.807) is 6.08 Å². The second-order valence-electron chi connectivity index (χ2n) is 22.8. The molecular weight excluding hydrogens is 900 g/mol. The highest BCUT2D eigenvalue weighted by Crippen LogP contribution is 2.43. The van der Waals surface area contributed by atoms with Crippen molar-refractivity contribution in [1.29, 1.82) is 0 Å². The number of aliphatic hydroxyl groups is 1. The molecule has 8 nitrogen and oxygen atoms in total. The van der Waals surface area contributed by atoms with E-state index in [1.165, 1.54) is 257 Å². The minimum absolute atomic E-state index is 0.0589. The highest BCUT2D eigenvalue weighted by molar-refractivity contribution is 7.47. The van der Waals surface area contributed by atoms with Gasteiger partial charge in [-0.1, -0.05) is 301 Å². The predicted octanol–water partition coefficient (Wildman–Crippen LogP) is 19.2. The van der Waals surface area contributed by atoms with E-state index in [0.717, 1.165) is 38.5 Å². The minimum atomic E-state index is -4.35. The Morgan fingerprint density at radius 3 is 1.13 bits per heavy atom. The van der Waals surface area contributed by atoms with E-state index in [-0.39, 0.29) is 19.1 Å². The molecule has 9 heteroatoms. The van der Waals surface area contributed by atoms with Crippen LogP contribution in [0.25, 0.3) is 0 Å². The maximum absolute atomic E-state index is 13.0. The van der Waals surface area contributed by atoms with Gasteiger partial charge in [-0.2, -0.15) is 0 Å². The van der Waals surface area contributed by atoms with Crippen molar-refractivity contribution in [3.63, 3.8) is 0 Å². The van der Waals surface area contributed by atoms with Crippen LogP contribution in [-0.2, 0) is 18.4 Å². The van der Waals surface area contributed by atoms with Gasteiger partial charge in [0.25, 0.3) is 0 Å². The molecule has 0 bridgehead atoms. The molecule has 0 aromatic carbocycles. The number of hydrogen-bond donors (Lipinski definition) is 3. The highest BCUT2D eigenvalue weighted by Gasteiger charge is 2.27. The van der Waals surface area contributed by atoms with Gasteiger partial charge in [0.15, 0.2) is 0 Å². The number of likely N-dealkylation sites (N-methyl/N-ethyl adjacent to an activating group) is 1. The third-order valence-corrected chi connectivity index (χ3v) is 15.4. The first-order chi connectivity index (χ1) is 34.5. The molecule has 0 heterocycles. The number of aliphatic hydroxyl groups excluding tert-OH is 1. The molecular formula is C62H124N2O6P+. The maximum Gasteiger partial charge on any atom is 0.472 e. The topological polar surface area (TPSA) is 105 Å². The SMILES string of the molecule is CCCCCCCCCCCCCCCCCCC/C=C/CC/C=C/C(O)C(COP(=O)(O)OCC[N+](C)(C)C)NC(=O)CCCCCCCCCCCCCCCCCCCCCCCCCCCC. The zero-order valence-electron chi connectivity index (χ0n) is 48.2. The van der Waals surface area contributed by atoms with Crippen LogP contribution in [0.15, 0.2) is 24.3 Å². The second-order valence-corrected chi connectivity index (χ2v) is 24.2. The lowest BCUT2D eigenvalue weighted by Gasteiger charge is -2.25. The van der Waals surface area contributed by atoms with Crippen molar-refractivity contribution in [2.45, 2.75) is 328 Å². The van der Waals surface area contributed by atoms with E-state index in [1.807, 2.05) is 27.2 Å². The minimum Gasteiger partial charge on any atom is -0.387 e. The molecule has 0 aliphatic rings. The molecule has 3 atom stereocenters. The van der Waals surface area contributed by atoms with Gasteiger partial charge in [0, 0.05) is 6.42 Å². The summed E-state index contributed by atoms with van der Waals surface area (Å²) in [4.78, 5) is 23.3. The van der Waals surface area contributed by atoms with E-state index in [4.69, 9.17) is 9.05 Å². The molecule has 0 aromatic heterocycles. The third-order valence-electron chi connectivity index (χ3n) is 14.4. The number of unbranched alkanes of at least 4 members (excludes halogenated alkanes) is 43. The summed E-state index contributed by atoms with van der Waals surface area (Å²) in [6.07, 6.45) is 68.7. The first-order valence-electron chi connectivity index (χ1n) is 31.2. The van der Waals surface area contributed by atoms with Crippen LogP contribution < -0.4 is 5.32 Å². The molecule has 0 aliphatic heterocycles. The molecule has 0 aromatic rings. The number of nitrogens with zero attached hydrogens (tertiary/aromatic N) is 1. The lowest BCUT2D eigenvalue weighted by atomic mass is 10.0. The molecule has 0 rings (SSSR count). The van der Waals surface area contributed by atoms with E-state index in [2.05, 4.69) is 31.3 Å². The van der Waals surface area contributed by atoms with Gasteiger partial charge in [-0.15, -0.1) is 0 Å². The summed E-state index contributed by atoms with van der Waals surface area (Å²) in [5.41, 5.74) is 0. The Kier molecular flexibility index (Phi) is 53.0. The van der Waals surface area contributed by atoms with Crippen LogP contribution in [0.5, 0.6) is 0 Å². The van der Waals surface area contributed by atoms with Crippen LogP contribution in [0, 0.1) is 0 Å². The van der Waals surface area contributed by atoms with Gasteiger partial charge in [-0.25, -0.2) is 4.57 Å². The van der Waals surface area contributed by atoms with E-state index < -0.39 is 20.0 Å². The predicted molar refractivity (Wildman–Crippen MR) is 309 cm³/mol. The summed E-state index contributed by atoms with van der Waals surface area (Å²) in [7, 11) is 1.57. The number of quaternary nitrogens is 1. The van der Waals surface area contributed by atoms with Crippen molar-refractivity contribution < 1.29 is 32.9 Å². The van der Waals surface area contributed by atoms with Crippen molar-refractivity contribution in [2.75, 3.05) is 40.9 Å². The summed E-state index contributed by atoms with van der Waals surface area (Å²) in [6, 6.07) is -0.861. The number of nitrogens with one attached hydrogen (secondary N) is 1. The monoisotopic (exact) mass is 1020 g/mol. The molecule has 0 saturated carbocycles. The largest absolute Gasteiger partial charge is 0.472 e. The molecule has 3 N–H and O–H groups in total. The van der Waals surface area contributed by atoms with Crippen molar-refractivity contribution in [3.8, 4) is 0 Å². The van der Waals surface area contributed by atoms with Crippen molar-refractivity contribution in [2.24, 2.45) is 0 Å². The second kappa shape index (κ2) is 53.8. The Balaban J connectivity index is 4.16. The maximum atomic E-state index is 13.0. The third kappa shape index (κ3) is 56.5. The molecule has 3 unspecified atom stereocenters. The average molecular weight is 1020 g/mol. The van der Waals surface area contributed by atoms with Crippen LogP contribution in [0.2, 0.25) is 0 Å². The quantitative estimate of drug-likeness (QED) is 0.0243. The Bertz CT molecular complexity index is 1210. The Morgan fingerprint density at radius 1 is 0.465 bits per heavy atom. The number of amides is 1. The average Bonchev–Trinajstić information content (AvgIpc) is 3.33. The zero-order chi connectivity index (χ0) is 52.0. The van der Waals surface area contributed by atoms with Crippen LogP contribution >= 0.6 is 7.82 Å². The van der Waals surface area contributed by atoms with E-state index >= 15 is 0 Å². The summed E-state index contributed by atoms with van der Waals surface area (Å²) in [6.45, 7) is 4.85. The van der Waals surface area contributed by atoms with Gasteiger partial charge < -0.3 is 19.8 Å². The van der Waals surface area contributed by atoms with Crippen molar-refractivity contribution in [3.05, 3.63) is 24.3 Å². The standard InChI is InChI=1S/C62H123N2O6P/c1-6-8-10-12-14-16-18-20-22-24-26-28-30-31-32-34-36-38-40-42-44-46-48-50-52-54-56-62(66)63-60(59-70-71(67,68)69-58-57-64(3,4)5)61(65)55-53-51-49-47-45-43-41-39-37-35-33-29-27-25-23-21-19-17-15-13-11-9-7-2/h45,47,53,55,60-61,65H,6-44,46,48-52,54,56-59H2,1-5H3,(H-,63,66,67,68)/p+1/b47-45+,55-53+. The fourth-order valence-electron chi connectivity index (χ4n) is 9.53. The smallest absolute Gasteiger partial charge is 0.387 e. The fraction of sp³-hybridized carbons (Fsp3) is 0.919. The number of carbonyl (C=O) groups is 1. The van der Waals surface area contributed by atoms with Gasteiger partial charge >= 0.3 is 7.82 Å². The number of phosphoric acid groups is 1. The summed E-state index contributed by atoms with van der Waals surface area (Å²) >= 11 is 0. The molecule has 0 spiro atoms. The number of carbonyl (C=O) groups excluding carboxylic acids is 1. The van der Waals surface area contributed by atoms with Gasteiger partial charge in [0.2, 0.25) is 5.91 Å². The molecule has 0 saturated heterocycles. The molecule has 0 radical (unpaired) electrons. The molecule has 0 fully saturated rings. The normalized spacial score (nSPS) is 14.0. The van der Waals surface area contributed by atoms with Gasteiger partial charge in [0.1, 0.15) is 13.2 Å². The van der Waals surface area contributed by atoms with Crippen LogP contribution in [-0.4, -0.2) is 73.4 Å². The van der Waals surface area contributed by atoms with Crippen molar-refractivity contribution in [1.82, 2.24) is 5.32 Å². The first kappa shape index (κ1) is 70.0. The van der Waals surface area contributed by atoms with E-state index in [0.29, 0.717) is 17.4 Å². The van der Waals surface area contributed by atoms with Gasteiger partial charge in [-0.05, 0) is 32.1 Å². The van der Waals surface area contributed by atoms with Crippen LogP contribution in [0.4, 0.5) is 0 Å². The Morgan fingerprint density at radius 2 is 0.775 bits per heavy atom. The first-order valence-corrected chi connectivity index (χ1v) is 32.7. The van der Waals surface area contributed by atoms with E-state index in [9.17, 15) is 19.4 Å². The summed E-state index contributed by atoms with van der Waals surface area (Å²) in [5, 5.41) is 14.0. The number of phosphoric ester groups is 1. The van der Waals surface area contributed by atoms with Crippen LogP contribution in [0.3, 0.4) is 0 Å². The molecule has 0 aliphatic carbocycles. The van der Waals surface area contributed by atoms with Gasteiger partial charge in [0.05, 0.1) is 39.9 Å². The number of rotatable bonds is 58. The highest BCUT2D eigenvalue weighted by atomic mass is 31.2. The Labute approximate surface area is 443 Å². The fourth-order valence-corrected chi connectivity index (χ4v) is 10.3. The number of allylic oxidation sites excluding steroid dienone is 3. The summed E-state index contributed by atoms with van der Waals surface area (Å²) < 4.78 is 23.7. The molecule has 1 amide bonds. The van der Waals surface area contributed by atoms with Crippen molar-refractivity contribution >= 4 is 13.7 Å².